The number of amides is 1. The number of halogens is 2. The maximum absolute atomic E-state index is 12.6. The molecule has 0 radical (unpaired) electrons. The second-order valence-electron chi connectivity index (χ2n) is 5.94. The third kappa shape index (κ3) is 3.91. The number of hydrazine groups is 1. The average Bonchev–Trinajstić information content (AvgIpc) is 3.03. The monoisotopic (exact) mass is 341 g/mol. The van der Waals surface area contributed by atoms with E-state index in [1.165, 1.54) is 0 Å². The van der Waals surface area contributed by atoms with E-state index in [0.717, 1.165) is 38.3 Å². The molecule has 3 rings (SSSR count). The molecule has 2 fully saturated rings. The Bertz CT molecular complexity index is 567. The van der Waals surface area contributed by atoms with Gasteiger partial charge in [0.25, 0.3) is 5.91 Å². The lowest BCUT2D eigenvalue weighted by Crippen LogP contribution is -2.44. The predicted molar refractivity (Wildman–Crippen MR) is 87.5 cm³/mol. The molecule has 1 atom stereocenters. The zero-order valence-electron chi connectivity index (χ0n) is 12.9. The van der Waals surface area contributed by atoms with Crippen molar-refractivity contribution in [3.63, 3.8) is 0 Å². The first-order valence-corrected chi connectivity index (χ1v) is 8.29. The Hall–Kier alpha value is -1.44. The Morgan fingerprint density at radius 3 is 2.83 bits per heavy atom. The molecule has 1 amide bonds. The molecule has 126 valence electrons. The zero-order chi connectivity index (χ0) is 16.2. The number of alkyl halides is 1. The summed E-state index contributed by atoms with van der Waals surface area (Å²) in [6.07, 6.45) is 0.757. The SMILES string of the molecule is O=C(NN1CCC(CF)C1)c1ccc(N2CCNCC2)c(Cl)n1. The van der Waals surface area contributed by atoms with Gasteiger partial charge in [-0.3, -0.25) is 14.6 Å². The third-order valence-electron chi connectivity index (χ3n) is 4.28. The smallest absolute Gasteiger partial charge is 0.284 e. The molecule has 1 aromatic heterocycles. The second-order valence-corrected chi connectivity index (χ2v) is 6.30. The van der Waals surface area contributed by atoms with Crippen LogP contribution in [0.2, 0.25) is 5.15 Å². The Morgan fingerprint density at radius 1 is 1.39 bits per heavy atom. The molecule has 3 heterocycles. The largest absolute Gasteiger partial charge is 0.366 e. The summed E-state index contributed by atoms with van der Waals surface area (Å²) in [4.78, 5) is 18.6. The van der Waals surface area contributed by atoms with E-state index < -0.39 is 0 Å². The highest BCUT2D eigenvalue weighted by atomic mass is 35.5. The minimum absolute atomic E-state index is 0.00179. The molecule has 0 bridgehead atoms. The standard InChI is InChI=1S/C15H21ClFN5O/c16-14-13(21-7-4-18-5-8-21)2-1-12(19-14)15(23)20-22-6-3-11(9-17)10-22/h1-2,11,18H,3-10H2,(H,20,23). The first-order chi connectivity index (χ1) is 11.2. The van der Waals surface area contributed by atoms with Gasteiger partial charge in [0.15, 0.2) is 5.15 Å². The summed E-state index contributed by atoms with van der Waals surface area (Å²) in [5.74, 6) is -0.305. The summed E-state index contributed by atoms with van der Waals surface area (Å²) in [5, 5.41) is 5.36. The number of anilines is 1. The molecule has 1 unspecified atom stereocenters. The van der Waals surface area contributed by atoms with Gasteiger partial charge in [-0.05, 0) is 18.6 Å². The number of rotatable bonds is 4. The topological polar surface area (TPSA) is 60.5 Å². The Kier molecular flexibility index (Phi) is 5.30. The minimum atomic E-state index is -0.351. The van der Waals surface area contributed by atoms with Gasteiger partial charge in [-0.25, -0.2) is 9.99 Å². The van der Waals surface area contributed by atoms with Crippen LogP contribution in [-0.4, -0.2) is 61.8 Å². The number of nitrogens with one attached hydrogen (secondary N) is 2. The lowest BCUT2D eigenvalue weighted by Gasteiger charge is -2.29. The maximum Gasteiger partial charge on any atom is 0.284 e. The van der Waals surface area contributed by atoms with Crippen LogP contribution in [0.15, 0.2) is 12.1 Å². The van der Waals surface area contributed by atoms with Crippen molar-refractivity contribution in [3.05, 3.63) is 23.0 Å². The van der Waals surface area contributed by atoms with Crippen molar-refractivity contribution < 1.29 is 9.18 Å². The number of carbonyl (C=O) groups is 1. The van der Waals surface area contributed by atoms with Crippen molar-refractivity contribution in [2.24, 2.45) is 5.92 Å². The van der Waals surface area contributed by atoms with Crippen molar-refractivity contribution in [2.45, 2.75) is 6.42 Å². The van der Waals surface area contributed by atoms with Crippen molar-refractivity contribution in [1.82, 2.24) is 20.7 Å². The van der Waals surface area contributed by atoms with Gasteiger partial charge in [0.1, 0.15) is 5.69 Å². The molecule has 0 saturated carbocycles. The first-order valence-electron chi connectivity index (χ1n) is 7.91. The normalized spacial score (nSPS) is 22.3. The molecule has 2 saturated heterocycles. The van der Waals surface area contributed by atoms with Gasteiger partial charge in [0.05, 0.1) is 12.4 Å². The van der Waals surface area contributed by atoms with E-state index >= 15 is 0 Å². The van der Waals surface area contributed by atoms with E-state index in [2.05, 4.69) is 20.6 Å². The lowest BCUT2D eigenvalue weighted by molar-refractivity contribution is 0.0813. The highest BCUT2D eigenvalue weighted by molar-refractivity contribution is 6.32. The zero-order valence-corrected chi connectivity index (χ0v) is 13.7. The molecule has 6 nitrogen and oxygen atoms in total. The van der Waals surface area contributed by atoms with Crippen LogP contribution < -0.4 is 15.6 Å². The summed E-state index contributed by atoms with van der Waals surface area (Å²) >= 11 is 6.25. The lowest BCUT2D eigenvalue weighted by atomic mass is 10.1. The number of aromatic nitrogens is 1. The maximum atomic E-state index is 12.6. The van der Waals surface area contributed by atoms with Crippen molar-refractivity contribution in [3.8, 4) is 0 Å². The van der Waals surface area contributed by atoms with Crippen LogP contribution in [0.25, 0.3) is 0 Å². The number of carbonyl (C=O) groups excluding carboxylic acids is 1. The van der Waals surface area contributed by atoms with Gasteiger partial charge in [-0.2, -0.15) is 0 Å². The molecule has 2 aliphatic heterocycles. The Labute approximate surface area is 140 Å². The van der Waals surface area contributed by atoms with Crippen LogP contribution in [0, 0.1) is 5.92 Å². The van der Waals surface area contributed by atoms with E-state index in [9.17, 15) is 9.18 Å². The van der Waals surface area contributed by atoms with Crippen LogP contribution in [0.3, 0.4) is 0 Å². The van der Waals surface area contributed by atoms with E-state index in [0.29, 0.717) is 18.2 Å². The van der Waals surface area contributed by atoms with Crippen molar-refractivity contribution >= 4 is 23.2 Å². The highest BCUT2D eigenvalue weighted by Gasteiger charge is 2.24. The molecule has 0 spiro atoms. The van der Waals surface area contributed by atoms with Crippen LogP contribution in [0.1, 0.15) is 16.9 Å². The van der Waals surface area contributed by atoms with Crippen LogP contribution in [-0.2, 0) is 0 Å². The van der Waals surface area contributed by atoms with Crippen molar-refractivity contribution in [1.29, 1.82) is 0 Å². The second kappa shape index (κ2) is 7.42. The summed E-state index contributed by atoms with van der Waals surface area (Å²) in [7, 11) is 0. The molecular weight excluding hydrogens is 321 g/mol. The predicted octanol–water partition coefficient (Wildman–Crippen LogP) is 1.08. The van der Waals surface area contributed by atoms with Gasteiger partial charge < -0.3 is 10.2 Å². The Morgan fingerprint density at radius 2 is 2.17 bits per heavy atom. The van der Waals surface area contributed by atoms with Crippen LogP contribution >= 0.6 is 11.6 Å². The fraction of sp³-hybridized carbons (Fsp3) is 0.600. The first kappa shape index (κ1) is 16.4. The van der Waals surface area contributed by atoms with Gasteiger partial charge in [0, 0.05) is 45.2 Å². The van der Waals surface area contributed by atoms with Crippen molar-refractivity contribution in [2.75, 3.05) is 50.8 Å². The van der Waals surface area contributed by atoms with E-state index in [1.807, 2.05) is 6.07 Å². The van der Waals surface area contributed by atoms with Gasteiger partial charge in [0.2, 0.25) is 0 Å². The number of nitrogens with zero attached hydrogens (tertiary/aromatic N) is 3. The number of hydrogen-bond acceptors (Lipinski definition) is 5. The Balaban J connectivity index is 1.63. The van der Waals surface area contributed by atoms with E-state index in [-0.39, 0.29) is 24.2 Å². The fourth-order valence-corrected chi connectivity index (χ4v) is 3.23. The number of hydrogen-bond donors (Lipinski definition) is 2. The number of pyridine rings is 1. The molecule has 0 aliphatic carbocycles. The summed E-state index contributed by atoms with van der Waals surface area (Å²) in [5.41, 5.74) is 3.89. The van der Waals surface area contributed by atoms with Gasteiger partial charge in [-0.15, -0.1) is 0 Å². The highest BCUT2D eigenvalue weighted by Crippen LogP contribution is 2.24. The molecule has 2 aliphatic rings. The number of piperazine rings is 1. The molecule has 0 aromatic carbocycles. The van der Waals surface area contributed by atoms with E-state index in [1.54, 1.807) is 11.1 Å². The summed E-state index contributed by atoms with van der Waals surface area (Å²) < 4.78 is 12.6. The quantitative estimate of drug-likeness (QED) is 0.803. The van der Waals surface area contributed by atoms with Crippen LogP contribution in [0.4, 0.5) is 10.1 Å². The van der Waals surface area contributed by atoms with Gasteiger partial charge in [-0.1, -0.05) is 11.6 Å². The van der Waals surface area contributed by atoms with E-state index in [4.69, 9.17) is 11.6 Å². The molecule has 2 N–H and O–H groups in total. The third-order valence-corrected chi connectivity index (χ3v) is 4.56. The summed E-state index contributed by atoms with van der Waals surface area (Å²) in [6.45, 7) is 4.39. The van der Waals surface area contributed by atoms with Gasteiger partial charge >= 0.3 is 0 Å². The molecule has 8 heteroatoms. The molecule has 1 aromatic rings. The fourth-order valence-electron chi connectivity index (χ4n) is 2.96. The van der Waals surface area contributed by atoms with Crippen LogP contribution in [0.5, 0.6) is 0 Å². The summed E-state index contributed by atoms with van der Waals surface area (Å²) in [6, 6.07) is 3.52. The molecule has 23 heavy (non-hydrogen) atoms. The minimum Gasteiger partial charge on any atom is -0.366 e. The molecular formula is C15H21ClFN5O. The average molecular weight is 342 g/mol.